The zero-order chi connectivity index (χ0) is 25.4. The van der Waals surface area contributed by atoms with Crippen LogP contribution in [0.25, 0.3) is 0 Å². The van der Waals surface area contributed by atoms with Gasteiger partial charge in [0.25, 0.3) is 0 Å². The highest BCUT2D eigenvalue weighted by Crippen LogP contribution is 2.61. The summed E-state index contributed by atoms with van der Waals surface area (Å²) >= 11 is 0. The number of carboxylic acid groups (broad SMARTS) is 1. The van der Waals surface area contributed by atoms with Gasteiger partial charge in [0.05, 0.1) is 1.37 Å². The monoisotopic (exact) mass is 464 g/mol. The summed E-state index contributed by atoms with van der Waals surface area (Å²) in [5.74, 6) is -0.984. The molecule has 33 heavy (non-hydrogen) atoms. The van der Waals surface area contributed by atoms with E-state index in [0.29, 0.717) is 24.5 Å². The van der Waals surface area contributed by atoms with Crippen LogP contribution in [0.3, 0.4) is 0 Å². The summed E-state index contributed by atoms with van der Waals surface area (Å²) in [4.78, 5) is 16.1. The minimum absolute atomic E-state index is 0.00690. The van der Waals surface area contributed by atoms with E-state index in [1.807, 2.05) is 0 Å². The van der Waals surface area contributed by atoms with Crippen LogP contribution in [0, 0.1) is 17.3 Å². The molecule has 0 saturated heterocycles. The smallest absolute Gasteiger partial charge is 0.331 e. The van der Waals surface area contributed by atoms with Crippen LogP contribution in [0.1, 0.15) is 119 Å². The Hall–Kier alpha value is -1.20. The van der Waals surface area contributed by atoms with Crippen molar-refractivity contribution in [2.24, 2.45) is 22.2 Å². The van der Waals surface area contributed by atoms with Crippen molar-refractivity contribution in [1.29, 1.82) is 0 Å². The van der Waals surface area contributed by atoms with Gasteiger partial charge in [0, 0.05) is 5.71 Å². The van der Waals surface area contributed by atoms with Gasteiger partial charge < -0.3 is 15.3 Å². The molecule has 3 rings (SSSR count). The molecule has 5 atom stereocenters. The van der Waals surface area contributed by atoms with Crippen LogP contribution < -0.4 is 0 Å². The van der Waals surface area contributed by atoms with Gasteiger partial charge in [0.1, 0.15) is 11.7 Å². The van der Waals surface area contributed by atoms with Crippen LogP contribution in [-0.2, 0) is 4.79 Å². The van der Waals surface area contributed by atoms with Crippen molar-refractivity contribution in [1.82, 2.24) is 0 Å². The fraction of sp³-hybridized carbons (Fsp3) is 0.857. The molecule has 3 saturated carbocycles. The second-order valence-electron chi connectivity index (χ2n) is 11.1. The van der Waals surface area contributed by atoms with E-state index in [1.54, 1.807) is 13.0 Å². The summed E-state index contributed by atoms with van der Waals surface area (Å²) in [6.45, 7) is 8.19. The Morgan fingerprint density at radius 2 is 1.64 bits per heavy atom. The third-order valence-corrected chi connectivity index (χ3v) is 8.24. The highest BCUT2D eigenvalue weighted by molar-refractivity contribution is 5.96. The molecule has 190 valence electrons. The summed E-state index contributed by atoms with van der Waals surface area (Å²) in [6.07, 6.45) is 16.5. The number of rotatable bonds is 16. The summed E-state index contributed by atoms with van der Waals surface area (Å²) < 4.78 is 8.25. The van der Waals surface area contributed by atoms with E-state index in [4.69, 9.17) is 1.37 Å². The quantitative estimate of drug-likeness (QED) is 0.184. The van der Waals surface area contributed by atoms with Crippen LogP contribution in [0.4, 0.5) is 0 Å². The van der Waals surface area contributed by atoms with Gasteiger partial charge in [-0.1, -0.05) is 97.1 Å². The molecule has 3 aliphatic carbocycles. The maximum Gasteiger partial charge on any atom is 0.331 e. The maximum absolute atomic E-state index is 11.9. The predicted molar refractivity (Wildman–Crippen MR) is 136 cm³/mol. The molecule has 5 nitrogen and oxygen atoms in total. The lowest BCUT2D eigenvalue weighted by molar-refractivity contribution is -0.141. The first-order valence-corrected chi connectivity index (χ1v) is 13.4. The first-order valence-electron chi connectivity index (χ1n) is 13.9. The van der Waals surface area contributed by atoms with Gasteiger partial charge in [0.2, 0.25) is 0 Å². The van der Waals surface area contributed by atoms with Crippen molar-refractivity contribution in [2.75, 3.05) is 0 Å². The van der Waals surface area contributed by atoms with Crippen LogP contribution >= 0.6 is 0 Å². The number of nitrogens with zero attached hydrogens (tertiary/aromatic N) is 1. The summed E-state index contributed by atoms with van der Waals surface area (Å²) in [7, 11) is 0. The number of hydrogen-bond donors (Lipinski definition) is 3. The van der Waals surface area contributed by atoms with Gasteiger partial charge in [-0.25, -0.2) is 4.79 Å². The summed E-state index contributed by atoms with van der Waals surface area (Å²) in [5, 5.41) is 31.4. The fourth-order valence-corrected chi connectivity index (χ4v) is 5.77. The van der Waals surface area contributed by atoms with Crippen LogP contribution in [0.15, 0.2) is 17.1 Å². The number of aliphatic carboxylic acids is 1. The molecule has 3 aliphatic rings. The van der Waals surface area contributed by atoms with Crippen molar-refractivity contribution < 1.29 is 21.5 Å². The zero-order valence-corrected chi connectivity index (χ0v) is 21.5. The molecule has 0 aromatic rings. The Morgan fingerprint density at radius 1 is 1.09 bits per heavy atom. The van der Waals surface area contributed by atoms with E-state index < -0.39 is 23.7 Å². The largest absolute Gasteiger partial charge is 0.480 e. The van der Waals surface area contributed by atoms with Gasteiger partial charge >= 0.3 is 5.97 Å². The van der Waals surface area contributed by atoms with E-state index >= 15 is 0 Å². The number of hydrogen-bond acceptors (Lipinski definition) is 4. The lowest BCUT2D eigenvalue weighted by Gasteiger charge is -2.62. The highest BCUT2D eigenvalue weighted by atomic mass is 16.4. The van der Waals surface area contributed by atoms with Gasteiger partial charge in [-0.15, -0.1) is 0 Å². The van der Waals surface area contributed by atoms with Crippen molar-refractivity contribution in [3.05, 3.63) is 12.2 Å². The van der Waals surface area contributed by atoms with E-state index in [0.717, 1.165) is 19.3 Å². The van der Waals surface area contributed by atoms with E-state index in [9.17, 15) is 20.1 Å². The highest BCUT2D eigenvalue weighted by Gasteiger charge is 2.61. The van der Waals surface area contributed by atoms with Crippen LogP contribution in [-0.4, -0.2) is 44.7 Å². The van der Waals surface area contributed by atoms with Crippen molar-refractivity contribution in [3.8, 4) is 0 Å². The summed E-state index contributed by atoms with van der Waals surface area (Å²) in [6, 6.07) is -1.65. The number of aliphatic imine (C=N–C) groups is 1. The summed E-state index contributed by atoms with van der Waals surface area (Å²) in [5.41, 5.74) is -0.807. The molecular formula is C28H49NO4. The fourth-order valence-electron chi connectivity index (χ4n) is 5.77. The molecule has 5 heteroatoms. The molecule has 0 aromatic carbocycles. The van der Waals surface area contributed by atoms with Gasteiger partial charge in [-0.05, 0) is 49.9 Å². The third-order valence-electron chi connectivity index (χ3n) is 8.24. The second-order valence-corrected chi connectivity index (χ2v) is 11.1. The zero-order valence-electron chi connectivity index (χ0n) is 22.5. The molecule has 0 radical (unpaired) electrons. The second kappa shape index (κ2) is 13.0. The molecular weight excluding hydrogens is 414 g/mol. The molecule has 0 heterocycles. The Labute approximate surface area is 203 Å². The minimum atomic E-state index is -2.34. The van der Waals surface area contributed by atoms with Gasteiger partial charge in [-0.3, -0.25) is 4.99 Å². The predicted octanol–water partition coefficient (Wildman–Crippen LogP) is 6.32. The SMILES string of the molecule is [2H][C@](O)(/C=C/CCCCCCCCCCCCC)[C@@H](N=C1CC2CC(C2(C)C)[C@@]1(C)O)C(=O)O. The maximum atomic E-state index is 11.9. The Morgan fingerprint density at radius 3 is 2.12 bits per heavy atom. The number of carboxylic acids is 1. The Balaban J connectivity index is 1.77. The van der Waals surface area contributed by atoms with Gasteiger partial charge in [-0.2, -0.15) is 0 Å². The average Bonchev–Trinajstić information content (AvgIpc) is 2.74. The lowest BCUT2D eigenvalue weighted by atomic mass is 9.44. The lowest BCUT2D eigenvalue weighted by Crippen LogP contribution is -2.65. The van der Waals surface area contributed by atoms with E-state index in [1.165, 1.54) is 63.9 Å². The van der Waals surface area contributed by atoms with Crippen molar-refractivity contribution >= 4 is 11.7 Å². The number of allylic oxidation sites excluding steroid dienone is 1. The molecule has 0 amide bonds. The first-order chi connectivity index (χ1) is 15.9. The van der Waals surface area contributed by atoms with E-state index in [2.05, 4.69) is 25.8 Å². The molecule has 0 aliphatic heterocycles. The third kappa shape index (κ3) is 7.65. The number of unbranched alkanes of at least 4 members (excludes halogenated alkanes) is 11. The standard InChI is InChI=1S/C28H49NO4/c1-5-6-7-8-9-10-11-12-13-14-15-16-17-18-22(30)25(26(31)32)29-24-20-21-19-23(27(21,2)3)28(24,4)33/h17-18,21-23,25,30,33H,5-16,19-20H2,1-4H3,(H,31,32)/b18-17+,29-24?/t21?,22-,23?,25+,28+/m0/s1/i22D. The Kier molecular flexibility index (Phi) is 10.4. The molecule has 3 N–H and O–H groups in total. The average molecular weight is 465 g/mol. The number of aliphatic hydroxyl groups is 2. The molecule has 3 fully saturated rings. The van der Waals surface area contributed by atoms with Crippen molar-refractivity contribution in [3.63, 3.8) is 0 Å². The number of carbonyl (C=O) groups is 1. The normalized spacial score (nSPS) is 30.6. The first kappa shape index (κ1) is 26.4. The molecule has 0 aromatic heterocycles. The molecule has 0 spiro atoms. The Bertz CT molecular complexity index is 713. The molecule has 2 unspecified atom stereocenters. The van der Waals surface area contributed by atoms with Crippen molar-refractivity contribution in [2.45, 2.75) is 135 Å². The van der Waals surface area contributed by atoms with Gasteiger partial charge in [0.15, 0.2) is 6.04 Å². The number of fused-ring (bicyclic) bond motifs is 2. The van der Waals surface area contributed by atoms with E-state index in [-0.39, 0.29) is 11.3 Å². The van der Waals surface area contributed by atoms with Crippen LogP contribution in [0.5, 0.6) is 0 Å². The van der Waals surface area contributed by atoms with Crippen LogP contribution in [0.2, 0.25) is 0 Å². The molecule has 2 bridgehead atoms. The minimum Gasteiger partial charge on any atom is -0.480 e. The topological polar surface area (TPSA) is 90.1 Å².